The van der Waals surface area contributed by atoms with Crippen molar-refractivity contribution in [3.05, 3.63) is 54.4 Å². The molecule has 0 spiro atoms. The highest BCUT2D eigenvalue weighted by Crippen LogP contribution is 2.32. The van der Waals surface area contributed by atoms with Gasteiger partial charge in [-0.25, -0.2) is 4.98 Å². The third-order valence-corrected chi connectivity index (χ3v) is 4.88. The highest BCUT2D eigenvalue weighted by atomic mass is 16.5. The molecule has 2 N–H and O–H groups in total. The molecule has 0 aliphatic heterocycles. The van der Waals surface area contributed by atoms with Gasteiger partial charge in [-0.05, 0) is 12.0 Å². The van der Waals surface area contributed by atoms with Crippen molar-refractivity contribution in [1.82, 2.24) is 19.5 Å². The Hall–Kier alpha value is -2.97. The Morgan fingerprint density at radius 2 is 2.00 bits per heavy atom. The average molecular weight is 395 g/mol. The molecule has 4 rings (SSSR count). The number of methoxy groups -OCH3 is 1. The third kappa shape index (κ3) is 4.55. The lowest BCUT2D eigenvalue weighted by atomic mass is 10.1. The van der Waals surface area contributed by atoms with Crippen LogP contribution in [0.25, 0.3) is 11.2 Å². The number of fused-ring (bicyclic) bond motifs is 1. The fourth-order valence-electron chi connectivity index (χ4n) is 3.46. The zero-order valence-electron chi connectivity index (χ0n) is 16.4. The molecule has 152 valence electrons. The van der Waals surface area contributed by atoms with E-state index in [2.05, 4.69) is 39.2 Å². The van der Waals surface area contributed by atoms with Crippen molar-refractivity contribution >= 4 is 17.1 Å². The number of hydrogen-bond donors (Lipinski definition) is 1. The van der Waals surface area contributed by atoms with E-state index in [0.29, 0.717) is 49.4 Å². The number of rotatable bonds is 9. The monoisotopic (exact) mass is 395 g/mol. The minimum Gasteiger partial charge on any atom is -0.474 e. The number of imidazole rings is 1. The van der Waals surface area contributed by atoms with Gasteiger partial charge in [-0.1, -0.05) is 42.5 Å². The lowest BCUT2D eigenvalue weighted by Crippen LogP contribution is -2.11. The second-order valence-electron chi connectivity index (χ2n) is 7.00. The molecule has 0 saturated carbocycles. The van der Waals surface area contributed by atoms with Crippen molar-refractivity contribution in [2.24, 2.45) is 5.92 Å². The Morgan fingerprint density at radius 3 is 2.83 bits per heavy atom. The molecule has 0 amide bonds. The van der Waals surface area contributed by atoms with Gasteiger partial charge in [0.1, 0.15) is 6.61 Å². The minimum absolute atomic E-state index is 0.145. The quantitative estimate of drug-likeness (QED) is 0.439. The van der Waals surface area contributed by atoms with Crippen LogP contribution in [0.3, 0.4) is 0 Å². The molecule has 0 fully saturated rings. The molecule has 8 nitrogen and oxygen atoms in total. The Balaban J connectivity index is 1.40. The summed E-state index contributed by atoms with van der Waals surface area (Å²) < 4.78 is 18.6. The van der Waals surface area contributed by atoms with Crippen LogP contribution in [0.2, 0.25) is 0 Å². The maximum atomic E-state index is 5.90. The summed E-state index contributed by atoms with van der Waals surface area (Å²) in [4.78, 5) is 13.0. The summed E-state index contributed by atoms with van der Waals surface area (Å²) in [6.07, 6.45) is 7.05. The van der Waals surface area contributed by atoms with Crippen LogP contribution >= 0.6 is 0 Å². The summed E-state index contributed by atoms with van der Waals surface area (Å²) in [5, 5.41) is 0. The van der Waals surface area contributed by atoms with Crippen LogP contribution in [0.4, 0.5) is 5.95 Å². The predicted octanol–water partition coefficient (Wildman–Crippen LogP) is 2.77. The first-order valence-corrected chi connectivity index (χ1v) is 9.66. The van der Waals surface area contributed by atoms with Gasteiger partial charge in [-0.15, -0.1) is 0 Å². The van der Waals surface area contributed by atoms with Crippen LogP contribution in [0, 0.1) is 5.92 Å². The highest BCUT2D eigenvalue weighted by molar-refractivity contribution is 5.77. The molecule has 0 bridgehead atoms. The van der Waals surface area contributed by atoms with E-state index in [-0.39, 0.29) is 12.0 Å². The van der Waals surface area contributed by atoms with Gasteiger partial charge < -0.3 is 24.5 Å². The van der Waals surface area contributed by atoms with Crippen LogP contribution < -0.4 is 10.5 Å². The molecule has 3 aromatic rings. The van der Waals surface area contributed by atoms with Gasteiger partial charge in [0.15, 0.2) is 11.2 Å². The number of nitrogens with two attached hydrogens (primary N) is 1. The number of allylic oxidation sites excluding steroid dienone is 1. The second-order valence-corrected chi connectivity index (χ2v) is 7.00. The van der Waals surface area contributed by atoms with Gasteiger partial charge in [0.25, 0.3) is 0 Å². The van der Waals surface area contributed by atoms with Crippen LogP contribution in [-0.2, 0) is 16.1 Å². The molecule has 2 atom stereocenters. The van der Waals surface area contributed by atoms with Gasteiger partial charge >= 0.3 is 0 Å². The highest BCUT2D eigenvalue weighted by Gasteiger charge is 2.24. The van der Waals surface area contributed by atoms with E-state index in [1.165, 1.54) is 5.56 Å². The van der Waals surface area contributed by atoms with Crippen LogP contribution in [0.15, 0.2) is 48.8 Å². The van der Waals surface area contributed by atoms with Gasteiger partial charge in [0.05, 0.1) is 32.2 Å². The summed E-state index contributed by atoms with van der Waals surface area (Å²) in [6, 6.07) is 10.3. The number of nitrogens with zero attached hydrogens (tertiary/aromatic N) is 4. The SMILES string of the molecule is COCCOc1nc(N)nc2c1ncn2[C@H]1C=C[C@@H](COCc2ccccc2)C1. The van der Waals surface area contributed by atoms with Crippen molar-refractivity contribution in [1.29, 1.82) is 0 Å². The van der Waals surface area contributed by atoms with E-state index in [1.54, 1.807) is 13.4 Å². The molecular weight excluding hydrogens is 370 g/mol. The minimum atomic E-state index is 0.145. The summed E-state index contributed by atoms with van der Waals surface area (Å²) in [6.45, 7) is 2.13. The lowest BCUT2D eigenvalue weighted by molar-refractivity contribution is 0.0974. The smallest absolute Gasteiger partial charge is 0.247 e. The molecule has 0 radical (unpaired) electrons. The number of nitrogen functional groups attached to an aromatic ring is 1. The number of aromatic nitrogens is 4. The zero-order valence-corrected chi connectivity index (χ0v) is 16.4. The average Bonchev–Trinajstić information content (AvgIpc) is 3.36. The molecule has 2 heterocycles. The maximum absolute atomic E-state index is 5.90. The molecule has 1 aliphatic rings. The van der Waals surface area contributed by atoms with Crippen LogP contribution in [-0.4, -0.2) is 46.4 Å². The lowest BCUT2D eigenvalue weighted by Gasteiger charge is -2.14. The van der Waals surface area contributed by atoms with Crippen molar-refractivity contribution in [2.45, 2.75) is 19.1 Å². The molecule has 8 heteroatoms. The normalized spacial score (nSPS) is 18.5. The van der Waals surface area contributed by atoms with Crippen molar-refractivity contribution in [3.63, 3.8) is 0 Å². The van der Waals surface area contributed by atoms with Gasteiger partial charge in [-0.2, -0.15) is 9.97 Å². The first kappa shape index (κ1) is 19.4. The van der Waals surface area contributed by atoms with Gasteiger partial charge in [0.2, 0.25) is 11.8 Å². The van der Waals surface area contributed by atoms with Crippen molar-refractivity contribution in [3.8, 4) is 5.88 Å². The van der Waals surface area contributed by atoms with Gasteiger partial charge in [0, 0.05) is 13.0 Å². The van der Waals surface area contributed by atoms with E-state index >= 15 is 0 Å². The van der Waals surface area contributed by atoms with Crippen LogP contribution in [0.5, 0.6) is 5.88 Å². The Labute approximate surface area is 169 Å². The first-order valence-electron chi connectivity index (χ1n) is 9.66. The van der Waals surface area contributed by atoms with Gasteiger partial charge in [-0.3, -0.25) is 0 Å². The van der Waals surface area contributed by atoms with E-state index < -0.39 is 0 Å². The number of anilines is 1. The maximum Gasteiger partial charge on any atom is 0.247 e. The van der Waals surface area contributed by atoms with E-state index in [4.69, 9.17) is 19.9 Å². The first-order chi connectivity index (χ1) is 14.2. The number of ether oxygens (including phenoxy) is 3. The Kier molecular flexibility index (Phi) is 6.02. The standard InChI is InChI=1S/C21H25N5O3/c1-27-9-10-29-20-18-19(24-21(22)25-20)26(14-23-18)17-8-7-16(11-17)13-28-12-15-5-3-2-4-6-15/h2-8,14,16-17H,9-13H2,1H3,(H2,22,24,25)/t16-,17+/m1/s1. The molecule has 1 aliphatic carbocycles. The van der Waals surface area contributed by atoms with Crippen LogP contribution in [0.1, 0.15) is 18.0 Å². The Bertz CT molecular complexity index is 973. The molecular formula is C21H25N5O3. The Morgan fingerprint density at radius 1 is 1.14 bits per heavy atom. The molecule has 2 aromatic heterocycles. The summed E-state index contributed by atoms with van der Waals surface area (Å²) in [7, 11) is 1.62. The number of benzene rings is 1. The largest absolute Gasteiger partial charge is 0.474 e. The predicted molar refractivity (Wildman–Crippen MR) is 109 cm³/mol. The number of hydrogen-bond acceptors (Lipinski definition) is 7. The summed E-state index contributed by atoms with van der Waals surface area (Å²) >= 11 is 0. The molecule has 29 heavy (non-hydrogen) atoms. The second kappa shape index (κ2) is 9.02. The van der Waals surface area contributed by atoms with E-state index in [1.807, 2.05) is 22.8 Å². The van der Waals surface area contributed by atoms with Crippen molar-refractivity contribution in [2.75, 3.05) is 32.7 Å². The van der Waals surface area contributed by atoms with Crippen molar-refractivity contribution < 1.29 is 14.2 Å². The summed E-state index contributed by atoms with van der Waals surface area (Å²) in [5.41, 5.74) is 8.35. The molecule has 0 unspecified atom stereocenters. The fraction of sp³-hybridized carbons (Fsp3) is 0.381. The topological polar surface area (TPSA) is 97.3 Å². The molecule has 0 saturated heterocycles. The fourth-order valence-corrected chi connectivity index (χ4v) is 3.46. The zero-order chi connectivity index (χ0) is 20.1. The van der Waals surface area contributed by atoms with E-state index in [9.17, 15) is 0 Å². The summed E-state index contributed by atoms with van der Waals surface area (Å²) in [5.74, 6) is 0.891. The third-order valence-electron chi connectivity index (χ3n) is 4.88. The van der Waals surface area contributed by atoms with E-state index in [0.717, 1.165) is 6.42 Å². The molecule has 1 aromatic carbocycles.